The number of rotatable bonds is 15. The highest BCUT2D eigenvalue weighted by molar-refractivity contribution is 6.25. The van der Waals surface area contributed by atoms with E-state index in [1.807, 2.05) is 0 Å². The lowest BCUT2D eigenvalue weighted by molar-refractivity contribution is -0.256. The molecule has 0 radical (unpaired) electrons. The Kier molecular flexibility index (Phi) is 17.7. The number of aliphatic carboxylic acids is 1. The molecule has 316 valence electrons. The molecule has 1 amide bonds. The summed E-state index contributed by atoms with van der Waals surface area (Å²) in [5, 5.41) is 20.6. The van der Waals surface area contributed by atoms with Crippen LogP contribution in [0.15, 0.2) is 0 Å². The molecule has 0 aromatic rings. The summed E-state index contributed by atoms with van der Waals surface area (Å²) in [5.41, 5.74) is 3.26. The molecule has 0 spiro atoms. The highest BCUT2D eigenvalue weighted by Crippen LogP contribution is 2.39. The molecule has 55 heavy (non-hydrogen) atoms. The minimum absolute atomic E-state index is 0.00490. The van der Waals surface area contributed by atoms with E-state index in [9.17, 15) is 14.7 Å². The predicted octanol–water partition coefficient (Wildman–Crippen LogP) is 7.97. The zero-order valence-electron chi connectivity index (χ0n) is 32.1. The number of amides is 1. The van der Waals surface area contributed by atoms with Gasteiger partial charge in [-0.3, -0.25) is 14.8 Å². The van der Waals surface area contributed by atoms with Crippen molar-refractivity contribution in [2.24, 2.45) is 23.7 Å². The summed E-state index contributed by atoms with van der Waals surface area (Å²) in [6.45, 7) is 0.610. The number of hydrogen-bond acceptors (Lipinski definition) is 9. The second kappa shape index (κ2) is 21.9. The van der Waals surface area contributed by atoms with Gasteiger partial charge in [0.05, 0.1) is 61.7 Å². The van der Waals surface area contributed by atoms with Gasteiger partial charge in [0.1, 0.15) is 0 Å². The summed E-state index contributed by atoms with van der Waals surface area (Å²) in [5.74, 6) is -3.14. The molecule has 0 aromatic heterocycles. The van der Waals surface area contributed by atoms with Gasteiger partial charge in [-0.05, 0) is 128 Å². The van der Waals surface area contributed by atoms with Crippen LogP contribution in [-0.4, -0.2) is 106 Å². The van der Waals surface area contributed by atoms with Gasteiger partial charge in [-0.15, -0.1) is 46.4 Å². The summed E-state index contributed by atoms with van der Waals surface area (Å²) in [4.78, 5) is 35.4. The number of carboxylic acids is 1. The Balaban J connectivity index is 0.823. The highest BCUT2D eigenvalue weighted by atomic mass is 35.5. The highest BCUT2D eigenvalue weighted by Gasteiger charge is 2.47. The van der Waals surface area contributed by atoms with Crippen LogP contribution in [-0.2, 0) is 33.5 Å². The SMILES string of the molecule is O=C(O)C1C(Cl)CCC(Cl)C1C(=O)NC1CCC(OC2CCCC(OC3CCC(OC4CCC(NOCC5C(Cl)CCC(Cl)C5COO)CC4)CC3)C2)CC1. The van der Waals surface area contributed by atoms with Gasteiger partial charge in [0.25, 0.3) is 0 Å². The second-order valence-corrected chi connectivity index (χ2v) is 19.6. The Morgan fingerprint density at radius 3 is 1.47 bits per heavy atom. The molecule has 0 aromatic carbocycles. The third-order valence-corrected chi connectivity index (χ3v) is 15.6. The van der Waals surface area contributed by atoms with Crippen molar-refractivity contribution >= 4 is 58.3 Å². The van der Waals surface area contributed by atoms with Crippen LogP contribution in [0.4, 0.5) is 0 Å². The molecule has 6 aliphatic carbocycles. The molecule has 10 atom stereocenters. The number of ether oxygens (including phenoxy) is 3. The van der Waals surface area contributed by atoms with Gasteiger partial charge in [-0.25, -0.2) is 4.89 Å². The van der Waals surface area contributed by atoms with Gasteiger partial charge in [0.15, 0.2) is 0 Å². The van der Waals surface area contributed by atoms with Crippen LogP contribution in [0.2, 0.25) is 0 Å². The fourth-order valence-corrected chi connectivity index (χ4v) is 11.8. The van der Waals surface area contributed by atoms with E-state index in [-0.39, 0.29) is 77.7 Å². The van der Waals surface area contributed by atoms with E-state index in [1.165, 1.54) is 0 Å². The quantitative estimate of drug-likeness (QED) is 0.0727. The Hall–Kier alpha value is -0.180. The molecule has 0 aliphatic heterocycles. The zero-order chi connectivity index (χ0) is 38.9. The summed E-state index contributed by atoms with van der Waals surface area (Å²) in [6, 6.07) is 0.280. The molecule has 6 saturated carbocycles. The van der Waals surface area contributed by atoms with Gasteiger partial charge >= 0.3 is 5.97 Å². The average Bonchev–Trinajstić information content (AvgIpc) is 3.17. The molecule has 10 unspecified atom stereocenters. The van der Waals surface area contributed by atoms with Crippen molar-refractivity contribution in [1.82, 2.24) is 10.8 Å². The summed E-state index contributed by atoms with van der Waals surface area (Å²) >= 11 is 25.9. The van der Waals surface area contributed by atoms with Crippen LogP contribution >= 0.6 is 46.4 Å². The van der Waals surface area contributed by atoms with Crippen molar-refractivity contribution in [2.75, 3.05) is 13.2 Å². The van der Waals surface area contributed by atoms with Gasteiger partial charge in [-0.2, -0.15) is 5.48 Å². The van der Waals surface area contributed by atoms with Crippen LogP contribution in [0.3, 0.4) is 0 Å². The van der Waals surface area contributed by atoms with E-state index >= 15 is 0 Å². The fraction of sp³-hybridized carbons (Fsp3) is 0.950. The largest absolute Gasteiger partial charge is 0.481 e. The second-order valence-electron chi connectivity index (χ2n) is 17.3. The molecular weight excluding hydrogens is 794 g/mol. The summed E-state index contributed by atoms with van der Waals surface area (Å²) in [7, 11) is 0. The number of carbonyl (C=O) groups excluding carboxylic acids is 1. The first-order valence-electron chi connectivity index (χ1n) is 21.3. The lowest BCUT2D eigenvalue weighted by atomic mass is 9.77. The number of alkyl halides is 4. The maximum Gasteiger partial charge on any atom is 0.308 e. The first-order chi connectivity index (χ1) is 26.6. The van der Waals surface area contributed by atoms with Crippen LogP contribution in [0.25, 0.3) is 0 Å². The predicted molar refractivity (Wildman–Crippen MR) is 212 cm³/mol. The normalized spacial score (nSPS) is 43.1. The monoisotopic (exact) mass is 856 g/mol. The third-order valence-electron chi connectivity index (χ3n) is 13.5. The Morgan fingerprint density at radius 2 is 0.964 bits per heavy atom. The van der Waals surface area contributed by atoms with Crippen molar-refractivity contribution in [3.63, 3.8) is 0 Å². The van der Waals surface area contributed by atoms with Crippen molar-refractivity contribution in [3.05, 3.63) is 0 Å². The number of carboxylic acid groups (broad SMARTS) is 1. The Morgan fingerprint density at radius 1 is 0.527 bits per heavy atom. The number of nitrogens with one attached hydrogen (secondary N) is 2. The van der Waals surface area contributed by atoms with E-state index in [0.717, 1.165) is 116 Å². The Bertz CT molecular complexity index is 1190. The van der Waals surface area contributed by atoms with E-state index in [1.54, 1.807) is 0 Å². The number of hydrogen-bond donors (Lipinski definition) is 4. The first-order valence-corrected chi connectivity index (χ1v) is 23.0. The fourth-order valence-electron chi connectivity index (χ4n) is 10.3. The molecule has 6 fully saturated rings. The molecule has 15 heteroatoms. The van der Waals surface area contributed by atoms with Gasteiger partial charge in [0, 0.05) is 45.4 Å². The van der Waals surface area contributed by atoms with Gasteiger partial charge < -0.3 is 29.5 Å². The van der Waals surface area contributed by atoms with E-state index in [2.05, 4.69) is 15.7 Å². The molecule has 6 aliphatic rings. The standard InChI is InChI=1S/C40H64Cl4N2O9/c41-33-16-17-34(42)32(22-52-50)31(33)21-51-46-24-6-10-25(11-7-24)53-27-12-14-28(15-13-27)55-30-3-1-2-29(20-30)54-26-8-4-23(5-9-26)45-39(47)37-35(43)18-19-36(44)38(37)40(48)49/h23-38,46,50H,1-22H2,(H,45,47)(H,48,49). The molecule has 0 bridgehead atoms. The average molecular weight is 859 g/mol. The number of carbonyl (C=O) groups is 2. The Labute approximate surface area is 347 Å². The minimum atomic E-state index is -1.06. The maximum atomic E-state index is 13.2. The van der Waals surface area contributed by atoms with Crippen LogP contribution < -0.4 is 10.8 Å². The maximum absolute atomic E-state index is 13.2. The van der Waals surface area contributed by atoms with Crippen molar-refractivity contribution < 1.29 is 43.9 Å². The van der Waals surface area contributed by atoms with E-state index in [4.69, 9.17) is 70.7 Å². The zero-order valence-corrected chi connectivity index (χ0v) is 35.1. The number of halogens is 4. The summed E-state index contributed by atoms with van der Waals surface area (Å²) < 4.78 is 19.9. The van der Waals surface area contributed by atoms with Crippen LogP contribution in [0, 0.1) is 23.7 Å². The van der Waals surface area contributed by atoms with Gasteiger partial charge in [0.2, 0.25) is 5.91 Å². The van der Waals surface area contributed by atoms with Crippen molar-refractivity contribution in [2.45, 2.75) is 199 Å². The first kappa shape index (κ1) is 44.4. The molecule has 0 saturated heterocycles. The molecule has 4 N–H and O–H groups in total. The lowest BCUT2D eigenvalue weighted by Gasteiger charge is -2.39. The van der Waals surface area contributed by atoms with Crippen LogP contribution in [0.1, 0.15) is 128 Å². The third kappa shape index (κ3) is 12.7. The van der Waals surface area contributed by atoms with Crippen molar-refractivity contribution in [1.29, 1.82) is 0 Å². The molecule has 0 heterocycles. The summed E-state index contributed by atoms with van der Waals surface area (Å²) in [6.07, 6.45) is 19.8. The molecule has 11 nitrogen and oxygen atoms in total. The van der Waals surface area contributed by atoms with Gasteiger partial charge in [-0.1, -0.05) is 0 Å². The minimum Gasteiger partial charge on any atom is -0.481 e. The van der Waals surface area contributed by atoms with E-state index < -0.39 is 28.6 Å². The van der Waals surface area contributed by atoms with Crippen molar-refractivity contribution in [3.8, 4) is 0 Å². The smallest absolute Gasteiger partial charge is 0.308 e. The lowest BCUT2D eigenvalue weighted by Crippen LogP contribution is -2.51. The molecule has 6 rings (SSSR count). The number of hydroxylamine groups is 1. The van der Waals surface area contributed by atoms with E-state index in [0.29, 0.717) is 25.6 Å². The van der Waals surface area contributed by atoms with Crippen LogP contribution in [0.5, 0.6) is 0 Å². The topological polar surface area (TPSA) is 145 Å². The molecular formula is C40H64Cl4N2O9.